The van der Waals surface area contributed by atoms with Crippen LogP contribution in [0.1, 0.15) is 18.9 Å². The molecule has 0 fully saturated rings. The third kappa shape index (κ3) is 2.53. The number of hydrogen-bond acceptors (Lipinski definition) is 1. The van der Waals surface area contributed by atoms with Crippen molar-refractivity contribution in [1.29, 1.82) is 0 Å². The van der Waals surface area contributed by atoms with E-state index in [1.54, 1.807) is 0 Å². The van der Waals surface area contributed by atoms with E-state index in [4.69, 9.17) is 11.6 Å². The van der Waals surface area contributed by atoms with Crippen LogP contribution in [0.2, 0.25) is 0 Å². The lowest BCUT2D eigenvalue weighted by molar-refractivity contribution is 0.594. The fraction of sp³-hybridized carbons (Fsp3) is 0.357. The van der Waals surface area contributed by atoms with Crippen molar-refractivity contribution in [2.45, 2.75) is 19.8 Å². The fourth-order valence-electron chi connectivity index (χ4n) is 1.85. The number of para-hydroxylation sites is 1. The SMILES string of the molecule is CC(CCl)CCc1ccnc2ccccc12. The van der Waals surface area contributed by atoms with Gasteiger partial charge in [0.15, 0.2) is 0 Å². The minimum atomic E-state index is 0.577. The predicted molar refractivity (Wildman–Crippen MR) is 69.9 cm³/mol. The Labute approximate surface area is 101 Å². The van der Waals surface area contributed by atoms with Crippen molar-refractivity contribution in [3.05, 3.63) is 42.1 Å². The Bertz CT molecular complexity index is 462. The summed E-state index contributed by atoms with van der Waals surface area (Å²) >= 11 is 5.82. The highest BCUT2D eigenvalue weighted by Crippen LogP contribution is 2.19. The Morgan fingerprint density at radius 3 is 2.88 bits per heavy atom. The minimum absolute atomic E-state index is 0.577. The number of aryl methyl sites for hydroxylation is 1. The Kier molecular flexibility index (Phi) is 3.79. The monoisotopic (exact) mass is 233 g/mol. The standard InChI is InChI=1S/C14H16ClN/c1-11(10-15)6-7-12-8-9-16-14-5-3-2-4-13(12)14/h2-5,8-9,11H,6-7,10H2,1H3. The van der Waals surface area contributed by atoms with Gasteiger partial charge >= 0.3 is 0 Å². The smallest absolute Gasteiger partial charge is 0.0704 e. The number of halogens is 1. The summed E-state index contributed by atoms with van der Waals surface area (Å²) in [6.07, 6.45) is 4.11. The topological polar surface area (TPSA) is 12.9 Å². The van der Waals surface area contributed by atoms with E-state index in [0.717, 1.165) is 24.2 Å². The molecule has 0 saturated carbocycles. The minimum Gasteiger partial charge on any atom is -0.256 e. The van der Waals surface area contributed by atoms with Crippen molar-refractivity contribution >= 4 is 22.5 Å². The summed E-state index contributed by atoms with van der Waals surface area (Å²) in [5.74, 6) is 1.32. The van der Waals surface area contributed by atoms with Gasteiger partial charge in [-0.1, -0.05) is 25.1 Å². The van der Waals surface area contributed by atoms with Crippen molar-refractivity contribution < 1.29 is 0 Å². The van der Waals surface area contributed by atoms with Gasteiger partial charge in [0.2, 0.25) is 0 Å². The third-order valence-corrected chi connectivity index (χ3v) is 3.44. The molecule has 1 aromatic carbocycles. The average molecular weight is 234 g/mol. The van der Waals surface area contributed by atoms with Gasteiger partial charge in [-0.05, 0) is 36.5 Å². The maximum atomic E-state index is 5.82. The molecule has 0 aliphatic rings. The molecule has 0 amide bonds. The highest BCUT2D eigenvalue weighted by molar-refractivity contribution is 6.18. The van der Waals surface area contributed by atoms with E-state index >= 15 is 0 Å². The number of nitrogens with zero attached hydrogens (tertiary/aromatic N) is 1. The molecular weight excluding hydrogens is 218 g/mol. The van der Waals surface area contributed by atoms with Gasteiger partial charge in [0, 0.05) is 17.5 Å². The van der Waals surface area contributed by atoms with Crippen LogP contribution in [0.5, 0.6) is 0 Å². The van der Waals surface area contributed by atoms with Crippen LogP contribution < -0.4 is 0 Å². The summed E-state index contributed by atoms with van der Waals surface area (Å²) in [6, 6.07) is 10.4. The van der Waals surface area contributed by atoms with Crippen LogP contribution in [-0.4, -0.2) is 10.9 Å². The number of rotatable bonds is 4. The molecule has 0 spiro atoms. The molecule has 1 atom stereocenters. The van der Waals surface area contributed by atoms with E-state index in [1.807, 2.05) is 12.3 Å². The molecule has 0 bridgehead atoms. The highest BCUT2D eigenvalue weighted by atomic mass is 35.5. The van der Waals surface area contributed by atoms with Crippen LogP contribution in [0.3, 0.4) is 0 Å². The summed E-state index contributed by atoms with van der Waals surface area (Å²) in [4.78, 5) is 4.36. The number of pyridine rings is 1. The second-order valence-electron chi connectivity index (χ2n) is 4.29. The van der Waals surface area contributed by atoms with Gasteiger partial charge in [0.05, 0.1) is 5.52 Å². The summed E-state index contributed by atoms with van der Waals surface area (Å²) in [6.45, 7) is 2.19. The lowest BCUT2D eigenvalue weighted by atomic mass is 10.00. The number of hydrogen-bond donors (Lipinski definition) is 0. The second kappa shape index (κ2) is 5.31. The molecule has 2 rings (SSSR count). The van der Waals surface area contributed by atoms with Crippen LogP contribution in [0.25, 0.3) is 10.9 Å². The van der Waals surface area contributed by atoms with Gasteiger partial charge in [-0.2, -0.15) is 0 Å². The molecule has 1 heterocycles. The number of aromatic nitrogens is 1. The summed E-state index contributed by atoms with van der Waals surface area (Å²) in [7, 11) is 0. The second-order valence-corrected chi connectivity index (χ2v) is 4.59. The Morgan fingerprint density at radius 2 is 2.06 bits per heavy atom. The van der Waals surface area contributed by atoms with Crippen molar-refractivity contribution in [3.63, 3.8) is 0 Å². The van der Waals surface area contributed by atoms with Gasteiger partial charge in [-0.15, -0.1) is 11.6 Å². The molecule has 2 aromatic rings. The first-order valence-corrected chi connectivity index (χ1v) is 6.23. The van der Waals surface area contributed by atoms with Gasteiger partial charge in [-0.3, -0.25) is 4.98 Å². The molecule has 84 valence electrons. The molecule has 0 saturated heterocycles. The van der Waals surface area contributed by atoms with Crippen LogP contribution in [0.4, 0.5) is 0 Å². The van der Waals surface area contributed by atoms with Crippen LogP contribution >= 0.6 is 11.6 Å². The normalized spacial score (nSPS) is 12.9. The first-order valence-electron chi connectivity index (χ1n) is 5.70. The molecule has 1 unspecified atom stereocenters. The third-order valence-electron chi connectivity index (χ3n) is 2.91. The molecule has 2 heteroatoms. The predicted octanol–water partition coefficient (Wildman–Crippen LogP) is 4.04. The Balaban J connectivity index is 2.23. The number of fused-ring (bicyclic) bond motifs is 1. The van der Waals surface area contributed by atoms with Crippen LogP contribution in [0.15, 0.2) is 36.5 Å². The lowest BCUT2D eigenvalue weighted by Gasteiger charge is -2.09. The molecule has 0 aliphatic carbocycles. The van der Waals surface area contributed by atoms with Crippen molar-refractivity contribution in [2.75, 3.05) is 5.88 Å². The first kappa shape index (κ1) is 11.4. The zero-order valence-electron chi connectivity index (χ0n) is 9.49. The van der Waals surface area contributed by atoms with E-state index in [9.17, 15) is 0 Å². The average Bonchev–Trinajstić information content (AvgIpc) is 2.35. The zero-order chi connectivity index (χ0) is 11.4. The molecule has 0 aliphatic heterocycles. The summed E-state index contributed by atoms with van der Waals surface area (Å²) in [5, 5.41) is 1.27. The highest BCUT2D eigenvalue weighted by Gasteiger charge is 2.04. The van der Waals surface area contributed by atoms with Gasteiger partial charge < -0.3 is 0 Å². The summed E-state index contributed by atoms with van der Waals surface area (Å²) < 4.78 is 0. The number of benzene rings is 1. The maximum Gasteiger partial charge on any atom is 0.0704 e. The van der Waals surface area contributed by atoms with Gasteiger partial charge in [-0.25, -0.2) is 0 Å². The van der Waals surface area contributed by atoms with E-state index in [-0.39, 0.29) is 0 Å². The van der Waals surface area contributed by atoms with Gasteiger partial charge in [0.25, 0.3) is 0 Å². The largest absolute Gasteiger partial charge is 0.256 e. The quantitative estimate of drug-likeness (QED) is 0.727. The molecule has 1 aromatic heterocycles. The number of alkyl halides is 1. The van der Waals surface area contributed by atoms with Crippen molar-refractivity contribution in [1.82, 2.24) is 4.98 Å². The van der Waals surface area contributed by atoms with E-state index < -0.39 is 0 Å². The van der Waals surface area contributed by atoms with E-state index in [2.05, 4.69) is 36.2 Å². The van der Waals surface area contributed by atoms with Crippen LogP contribution in [0, 0.1) is 5.92 Å². The summed E-state index contributed by atoms with van der Waals surface area (Å²) in [5.41, 5.74) is 2.46. The Morgan fingerprint density at radius 1 is 1.25 bits per heavy atom. The maximum absolute atomic E-state index is 5.82. The van der Waals surface area contributed by atoms with Crippen LogP contribution in [-0.2, 0) is 6.42 Å². The van der Waals surface area contributed by atoms with Crippen molar-refractivity contribution in [2.24, 2.45) is 5.92 Å². The van der Waals surface area contributed by atoms with Gasteiger partial charge in [0.1, 0.15) is 0 Å². The molecular formula is C14H16ClN. The van der Waals surface area contributed by atoms with E-state index in [1.165, 1.54) is 10.9 Å². The van der Waals surface area contributed by atoms with Crippen molar-refractivity contribution in [3.8, 4) is 0 Å². The molecule has 16 heavy (non-hydrogen) atoms. The first-order chi connectivity index (χ1) is 7.81. The fourth-order valence-corrected chi connectivity index (χ4v) is 2.01. The molecule has 0 N–H and O–H groups in total. The molecule has 0 radical (unpaired) electrons. The lowest BCUT2D eigenvalue weighted by Crippen LogP contribution is -1.99. The zero-order valence-corrected chi connectivity index (χ0v) is 10.2. The molecule has 1 nitrogen and oxygen atoms in total. The van der Waals surface area contributed by atoms with E-state index in [0.29, 0.717) is 5.92 Å². The Hall–Kier alpha value is -1.08.